The van der Waals surface area contributed by atoms with E-state index in [2.05, 4.69) is 10.6 Å². The molecule has 1 saturated heterocycles. The Morgan fingerprint density at radius 2 is 2.14 bits per heavy atom. The zero-order valence-corrected chi connectivity index (χ0v) is 13.2. The first-order valence-corrected chi connectivity index (χ1v) is 8.40. The van der Waals surface area contributed by atoms with E-state index in [1.54, 1.807) is 0 Å². The maximum absolute atomic E-state index is 12.0. The molecule has 0 radical (unpaired) electrons. The zero-order valence-electron chi connectivity index (χ0n) is 12.4. The van der Waals surface area contributed by atoms with Gasteiger partial charge in [-0.1, -0.05) is 0 Å². The molecule has 2 N–H and O–H groups in total. The van der Waals surface area contributed by atoms with Crippen molar-refractivity contribution in [2.24, 2.45) is 0 Å². The van der Waals surface area contributed by atoms with Crippen LogP contribution in [0.5, 0.6) is 0 Å². The number of nitrogens with one attached hydrogen (secondary N) is 2. The van der Waals surface area contributed by atoms with Crippen LogP contribution in [0.25, 0.3) is 0 Å². The fraction of sp³-hybridized carbons (Fsp3) is 0.600. The van der Waals surface area contributed by atoms with E-state index in [1.807, 2.05) is 28.8 Å². The highest BCUT2D eigenvalue weighted by atomic mass is 32.1. The van der Waals surface area contributed by atoms with Gasteiger partial charge < -0.3 is 15.5 Å². The molecule has 0 aromatic carbocycles. The standard InChI is InChI=1S/C15H23N3O2S/c1-16-7-2-3-14(19)18-8-4-13(5-9-18)17-15(20)12-6-10-21-11-12/h6,10-11,13,16H,2-5,7-9H2,1H3,(H,17,20). The molecule has 1 aliphatic rings. The van der Waals surface area contributed by atoms with Gasteiger partial charge in [-0.3, -0.25) is 9.59 Å². The summed E-state index contributed by atoms with van der Waals surface area (Å²) < 4.78 is 0. The minimum Gasteiger partial charge on any atom is -0.349 e. The predicted molar refractivity (Wildman–Crippen MR) is 84.5 cm³/mol. The molecule has 0 atom stereocenters. The molecular formula is C15H23N3O2S. The Morgan fingerprint density at radius 3 is 2.76 bits per heavy atom. The molecule has 0 bridgehead atoms. The van der Waals surface area contributed by atoms with Gasteiger partial charge in [0.2, 0.25) is 5.91 Å². The van der Waals surface area contributed by atoms with Gasteiger partial charge in [0.15, 0.2) is 0 Å². The lowest BCUT2D eigenvalue weighted by Crippen LogP contribution is -2.46. The number of thiophene rings is 1. The van der Waals surface area contributed by atoms with Gasteiger partial charge in [-0.05, 0) is 44.3 Å². The van der Waals surface area contributed by atoms with Crippen molar-refractivity contribution in [3.63, 3.8) is 0 Å². The van der Waals surface area contributed by atoms with Crippen molar-refractivity contribution >= 4 is 23.2 Å². The van der Waals surface area contributed by atoms with E-state index in [9.17, 15) is 9.59 Å². The summed E-state index contributed by atoms with van der Waals surface area (Å²) in [5.74, 6) is 0.225. The van der Waals surface area contributed by atoms with Crippen LogP contribution >= 0.6 is 11.3 Å². The summed E-state index contributed by atoms with van der Waals surface area (Å²) in [5, 5.41) is 9.86. The molecule has 1 aromatic heterocycles. The van der Waals surface area contributed by atoms with Gasteiger partial charge in [0.05, 0.1) is 0 Å². The van der Waals surface area contributed by atoms with Crippen molar-refractivity contribution in [1.82, 2.24) is 15.5 Å². The Kier molecular flexibility index (Phi) is 6.20. The number of piperidine rings is 1. The molecular weight excluding hydrogens is 286 g/mol. The number of rotatable bonds is 6. The molecule has 1 aromatic rings. The minimum atomic E-state index is -0.00459. The third kappa shape index (κ3) is 4.82. The van der Waals surface area contributed by atoms with E-state index in [4.69, 9.17) is 0 Å². The van der Waals surface area contributed by atoms with Crippen molar-refractivity contribution in [2.75, 3.05) is 26.7 Å². The number of hydrogen-bond donors (Lipinski definition) is 2. The third-order valence-corrected chi connectivity index (χ3v) is 4.47. The second-order valence-corrected chi connectivity index (χ2v) is 6.13. The summed E-state index contributed by atoms with van der Waals surface area (Å²) in [7, 11) is 1.89. The maximum atomic E-state index is 12.0. The summed E-state index contributed by atoms with van der Waals surface area (Å²) in [6.07, 6.45) is 3.16. The van der Waals surface area contributed by atoms with Crippen molar-refractivity contribution < 1.29 is 9.59 Å². The first kappa shape index (κ1) is 16.0. The highest BCUT2D eigenvalue weighted by Gasteiger charge is 2.23. The lowest BCUT2D eigenvalue weighted by Gasteiger charge is -2.32. The Labute approximate surface area is 129 Å². The molecule has 21 heavy (non-hydrogen) atoms. The number of amides is 2. The lowest BCUT2D eigenvalue weighted by atomic mass is 10.0. The second-order valence-electron chi connectivity index (χ2n) is 5.35. The van der Waals surface area contributed by atoms with E-state index in [0.29, 0.717) is 6.42 Å². The smallest absolute Gasteiger partial charge is 0.252 e. The van der Waals surface area contributed by atoms with Crippen molar-refractivity contribution in [3.8, 4) is 0 Å². The molecule has 1 fully saturated rings. The van der Waals surface area contributed by atoms with Gasteiger partial charge in [0.1, 0.15) is 0 Å². The van der Waals surface area contributed by atoms with Crippen LogP contribution in [0.2, 0.25) is 0 Å². The first-order valence-electron chi connectivity index (χ1n) is 7.46. The average molecular weight is 309 g/mol. The molecule has 6 heteroatoms. The third-order valence-electron chi connectivity index (χ3n) is 3.78. The van der Waals surface area contributed by atoms with Crippen molar-refractivity contribution in [2.45, 2.75) is 31.7 Å². The predicted octanol–water partition coefficient (Wildman–Crippen LogP) is 1.47. The van der Waals surface area contributed by atoms with E-state index < -0.39 is 0 Å². The van der Waals surface area contributed by atoms with Crippen molar-refractivity contribution in [3.05, 3.63) is 22.4 Å². The number of carbonyl (C=O) groups excluding carboxylic acids is 2. The Hall–Kier alpha value is -1.40. The van der Waals surface area contributed by atoms with Crippen LogP contribution in [0.3, 0.4) is 0 Å². The van der Waals surface area contributed by atoms with Crippen LogP contribution in [0.1, 0.15) is 36.0 Å². The van der Waals surface area contributed by atoms with Gasteiger partial charge in [-0.25, -0.2) is 0 Å². The van der Waals surface area contributed by atoms with Gasteiger partial charge in [0.25, 0.3) is 5.91 Å². The molecule has 0 aliphatic carbocycles. The second kappa shape index (κ2) is 8.14. The van der Waals surface area contributed by atoms with Gasteiger partial charge in [0, 0.05) is 36.5 Å². The summed E-state index contributed by atoms with van der Waals surface area (Å²) in [5.41, 5.74) is 0.727. The number of nitrogens with zero attached hydrogens (tertiary/aromatic N) is 1. The van der Waals surface area contributed by atoms with Crippen LogP contribution in [-0.2, 0) is 4.79 Å². The number of likely N-dealkylation sites (tertiary alicyclic amines) is 1. The zero-order chi connectivity index (χ0) is 15.1. The fourth-order valence-electron chi connectivity index (χ4n) is 2.51. The van der Waals surface area contributed by atoms with Crippen LogP contribution in [0.15, 0.2) is 16.8 Å². The van der Waals surface area contributed by atoms with E-state index in [0.717, 1.165) is 44.5 Å². The summed E-state index contributed by atoms with van der Waals surface area (Å²) in [4.78, 5) is 25.9. The summed E-state index contributed by atoms with van der Waals surface area (Å²) in [6.45, 7) is 2.36. The largest absolute Gasteiger partial charge is 0.349 e. The molecule has 0 spiro atoms. The quantitative estimate of drug-likeness (QED) is 0.782. The molecule has 0 unspecified atom stereocenters. The molecule has 2 amide bonds. The Morgan fingerprint density at radius 1 is 1.38 bits per heavy atom. The molecule has 2 heterocycles. The molecule has 5 nitrogen and oxygen atoms in total. The average Bonchev–Trinajstić information content (AvgIpc) is 3.02. The summed E-state index contributed by atoms with van der Waals surface area (Å²) in [6, 6.07) is 2.01. The Bertz CT molecular complexity index is 453. The van der Waals surface area contributed by atoms with Crippen LogP contribution in [-0.4, -0.2) is 49.4 Å². The lowest BCUT2D eigenvalue weighted by molar-refractivity contribution is -0.132. The minimum absolute atomic E-state index is 0.00459. The SMILES string of the molecule is CNCCCC(=O)N1CCC(NC(=O)c2ccsc2)CC1. The normalized spacial score (nSPS) is 16.0. The van der Waals surface area contributed by atoms with Crippen LogP contribution in [0.4, 0.5) is 0 Å². The molecule has 0 saturated carbocycles. The monoisotopic (exact) mass is 309 g/mol. The maximum Gasteiger partial charge on any atom is 0.252 e. The van der Waals surface area contributed by atoms with Gasteiger partial charge in [-0.2, -0.15) is 11.3 Å². The van der Waals surface area contributed by atoms with Gasteiger partial charge in [-0.15, -0.1) is 0 Å². The van der Waals surface area contributed by atoms with Crippen LogP contribution < -0.4 is 10.6 Å². The molecule has 2 rings (SSSR count). The van der Waals surface area contributed by atoms with E-state index in [1.165, 1.54) is 11.3 Å². The fourth-order valence-corrected chi connectivity index (χ4v) is 3.15. The Balaban J connectivity index is 1.70. The number of hydrogen-bond acceptors (Lipinski definition) is 4. The van der Waals surface area contributed by atoms with Crippen molar-refractivity contribution in [1.29, 1.82) is 0 Å². The highest BCUT2D eigenvalue weighted by Crippen LogP contribution is 2.13. The summed E-state index contributed by atoms with van der Waals surface area (Å²) >= 11 is 1.52. The van der Waals surface area contributed by atoms with Crippen LogP contribution in [0, 0.1) is 0 Å². The molecule has 1 aliphatic heterocycles. The topological polar surface area (TPSA) is 61.4 Å². The molecule has 116 valence electrons. The highest BCUT2D eigenvalue weighted by molar-refractivity contribution is 7.08. The first-order chi connectivity index (χ1) is 10.2. The van der Waals surface area contributed by atoms with E-state index in [-0.39, 0.29) is 17.9 Å². The van der Waals surface area contributed by atoms with E-state index >= 15 is 0 Å². The number of carbonyl (C=O) groups is 2. The van der Waals surface area contributed by atoms with Gasteiger partial charge >= 0.3 is 0 Å².